The van der Waals surface area contributed by atoms with Gasteiger partial charge < -0.3 is 10.6 Å². The topological polar surface area (TPSA) is 84.3 Å². The number of anilines is 1. The molecule has 18 heavy (non-hydrogen) atoms. The van der Waals surface area contributed by atoms with Crippen molar-refractivity contribution >= 4 is 17.3 Å². The highest BCUT2D eigenvalue weighted by Crippen LogP contribution is 2.26. The van der Waals surface area contributed by atoms with Gasteiger partial charge in [0.1, 0.15) is 5.69 Å². The molecule has 1 atom stereocenters. The molecule has 0 aliphatic carbocycles. The zero-order chi connectivity index (χ0) is 13.3. The highest BCUT2D eigenvalue weighted by molar-refractivity contribution is 5.79. The van der Waals surface area contributed by atoms with Gasteiger partial charge in [-0.2, -0.15) is 0 Å². The number of hydrogen-bond donors (Lipinski definition) is 2. The normalized spacial score (nSPS) is 18.6. The zero-order valence-corrected chi connectivity index (χ0v) is 9.07. The fourth-order valence-electron chi connectivity index (χ4n) is 1.71. The second-order valence-electron chi connectivity index (χ2n) is 3.89. The first-order valence-corrected chi connectivity index (χ1v) is 5.14. The minimum Gasteiger partial charge on any atom is -0.375 e. The lowest BCUT2D eigenvalue weighted by atomic mass is 10.2. The molecule has 6 nitrogen and oxygen atoms in total. The Labute approximate surface area is 100 Å². The quantitative estimate of drug-likeness (QED) is 0.629. The van der Waals surface area contributed by atoms with Crippen LogP contribution in [0.25, 0.3) is 0 Å². The molecule has 1 aromatic rings. The molecular weight excluding hydrogens is 248 g/mol. The molecule has 1 aliphatic rings. The van der Waals surface area contributed by atoms with Crippen LogP contribution in [-0.2, 0) is 4.79 Å². The monoisotopic (exact) mass is 257 g/mol. The van der Waals surface area contributed by atoms with Gasteiger partial charge in [-0.05, 0) is 0 Å². The number of benzene rings is 1. The maximum atomic E-state index is 13.5. The second-order valence-corrected chi connectivity index (χ2v) is 3.89. The third kappa shape index (κ3) is 2.36. The summed E-state index contributed by atoms with van der Waals surface area (Å²) >= 11 is 0. The number of nitrogens with zero attached hydrogens (tertiary/aromatic N) is 1. The summed E-state index contributed by atoms with van der Waals surface area (Å²) in [5.74, 6) is -2.32. The first-order valence-electron chi connectivity index (χ1n) is 5.14. The largest absolute Gasteiger partial charge is 0.375 e. The van der Waals surface area contributed by atoms with Crippen molar-refractivity contribution in [1.29, 1.82) is 0 Å². The third-order valence-corrected chi connectivity index (χ3v) is 2.56. The van der Waals surface area contributed by atoms with E-state index in [1.807, 2.05) is 0 Å². The van der Waals surface area contributed by atoms with Gasteiger partial charge in [0, 0.05) is 13.0 Å². The summed E-state index contributed by atoms with van der Waals surface area (Å²) in [4.78, 5) is 20.5. The molecule has 1 aliphatic heterocycles. The standard InChI is InChI=1S/C10H9F2N3O3/c11-7-2-6(15(17)18)3-8(12)10(7)14-5-1-9(16)13-4-5/h2-3,5,14H,1,4H2,(H,13,16)/t5-/m1/s1. The van der Waals surface area contributed by atoms with Crippen molar-refractivity contribution in [3.8, 4) is 0 Å². The molecule has 2 N–H and O–H groups in total. The van der Waals surface area contributed by atoms with Crippen LogP contribution >= 0.6 is 0 Å². The molecule has 1 amide bonds. The van der Waals surface area contributed by atoms with Crippen LogP contribution in [0.3, 0.4) is 0 Å². The van der Waals surface area contributed by atoms with Gasteiger partial charge in [0.15, 0.2) is 11.6 Å². The van der Waals surface area contributed by atoms with Gasteiger partial charge in [-0.3, -0.25) is 14.9 Å². The van der Waals surface area contributed by atoms with Crippen molar-refractivity contribution in [1.82, 2.24) is 5.32 Å². The van der Waals surface area contributed by atoms with Crippen LogP contribution in [0.15, 0.2) is 12.1 Å². The number of nitro benzene ring substituents is 1. The Balaban J connectivity index is 2.23. The zero-order valence-electron chi connectivity index (χ0n) is 9.07. The molecule has 0 aromatic heterocycles. The van der Waals surface area contributed by atoms with E-state index in [4.69, 9.17) is 0 Å². The SMILES string of the molecule is O=C1C[C@@H](Nc2c(F)cc([N+](=O)[O-])cc2F)CN1. The van der Waals surface area contributed by atoms with Gasteiger partial charge in [-0.25, -0.2) is 8.78 Å². The van der Waals surface area contributed by atoms with Crippen molar-refractivity contribution in [3.05, 3.63) is 33.9 Å². The van der Waals surface area contributed by atoms with Crippen LogP contribution in [0.2, 0.25) is 0 Å². The highest BCUT2D eigenvalue weighted by atomic mass is 19.1. The second kappa shape index (κ2) is 4.55. The molecule has 2 rings (SSSR count). The van der Waals surface area contributed by atoms with Crippen LogP contribution in [0.1, 0.15) is 6.42 Å². The fraction of sp³-hybridized carbons (Fsp3) is 0.300. The van der Waals surface area contributed by atoms with E-state index in [0.717, 1.165) is 0 Å². The smallest absolute Gasteiger partial charge is 0.275 e. The average molecular weight is 257 g/mol. The predicted molar refractivity (Wildman–Crippen MR) is 58.0 cm³/mol. The van der Waals surface area contributed by atoms with Gasteiger partial charge in [0.2, 0.25) is 5.91 Å². The molecule has 0 saturated carbocycles. The first-order chi connectivity index (χ1) is 8.47. The molecule has 96 valence electrons. The van der Waals surface area contributed by atoms with Crippen LogP contribution in [0, 0.1) is 21.7 Å². The predicted octanol–water partition coefficient (Wildman–Crippen LogP) is 1.17. The first kappa shape index (κ1) is 12.2. The molecule has 0 radical (unpaired) electrons. The number of hydrogen-bond acceptors (Lipinski definition) is 4. The van der Waals surface area contributed by atoms with E-state index in [9.17, 15) is 23.7 Å². The Kier molecular flexibility index (Phi) is 3.09. The number of carbonyl (C=O) groups excluding carboxylic acids is 1. The van der Waals surface area contributed by atoms with Crippen molar-refractivity contribution in [2.24, 2.45) is 0 Å². The molecular formula is C10H9F2N3O3. The Hall–Kier alpha value is -2.25. The van der Waals surface area contributed by atoms with E-state index in [1.54, 1.807) is 0 Å². The summed E-state index contributed by atoms with van der Waals surface area (Å²) in [6, 6.07) is 0.841. The highest BCUT2D eigenvalue weighted by Gasteiger charge is 2.24. The molecule has 0 bridgehead atoms. The van der Waals surface area contributed by atoms with E-state index >= 15 is 0 Å². The molecule has 0 unspecified atom stereocenters. The van der Waals surface area contributed by atoms with Gasteiger partial charge in [-0.1, -0.05) is 0 Å². The van der Waals surface area contributed by atoms with Crippen LogP contribution < -0.4 is 10.6 Å². The summed E-state index contributed by atoms with van der Waals surface area (Å²) in [5, 5.41) is 15.4. The number of non-ortho nitro benzene ring substituents is 1. The number of halogens is 2. The Morgan fingerprint density at radius 1 is 1.39 bits per heavy atom. The van der Waals surface area contributed by atoms with Crippen molar-refractivity contribution in [2.45, 2.75) is 12.5 Å². The molecule has 1 fully saturated rings. The third-order valence-electron chi connectivity index (χ3n) is 2.56. The van der Waals surface area contributed by atoms with Gasteiger partial charge in [0.05, 0.1) is 23.1 Å². The lowest BCUT2D eigenvalue weighted by Crippen LogP contribution is -2.23. The molecule has 0 spiro atoms. The number of nitro groups is 1. The van der Waals surface area contributed by atoms with Crippen molar-refractivity contribution in [2.75, 3.05) is 11.9 Å². The summed E-state index contributed by atoms with van der Waals surface area (Å²) in [6.45, 7) is 0.259. The number of amides is 1. The lowest BCUT2D eigenvalue weighted by molar-refractivity contribution is -0.385. The summed E-state index contributed by atoms with van der Waals surface area (Å²) in [7, 11) is 0. The Morgan fingerprint density at radius 2 is 2.00 bits per heavy atom. The van der Waals surface area contributed by atoms with Crippen molar-refractivity contribution < 1.29 is 18.5 Å². The lowest BCUT2D eigenvalue weighted by Gasteiger charge is -2.13. The summed E-state index contributed by atoms with van der Waals surface area (Å²) < 4.78 is 27.0. The van der Waals surface area contributed by atoms with Gasteiger partial charge in [-0.15, -0.1) is 0 Å². The number of carbonyl (C=O) groups is 1. The van der Waals surface area contributed by atoms with Crippen LogP contribution in [0.5, 0.6) is 0 Å². The average Bonchev–Trinajstić information content (AvgIpc) is 2.69. The van der Waals surface area contributed by atoms with Crippen LogP contribution in [-0.4, -0.2) is 23.4 Å². The molecule has 1 aromatic carbocycles. The van der Waals surface area contributed by atoms with E-state index in [2.05, 4.69) is 10.6 Å². The maximum Gasteiger partial charge on any atom is 0.275 e. The molecule has 1 saturated heterocycles. The van der Waals surface area contributed by atoms with Gasteiger partial charge >= 0.3 is 0 Å². The van der Waals surface area contributed by atoms with Crippen molar-refractivity contribution in [3.63, 3.8) is 0 Å². The van der Waals surface area contributed by atoms with E-state index in [-0.39, 0.29) is 18.9 Å². The maximum absolute atomic E-state index is 13.5. The summed E-state index contributed by atoms with van der Waals surface area (Å²) in [5.41, 5.74) is -1.11. The van der Waals surface area contributed by atoms with Crippen LogP contribution in [0.4, 0.5) is 20.2 Å². The number of rotatable bonds is 3. The molecule has 1 heterocycles. The summed E-state index contributed by atoms with van der Waals surface area (Å²) in [6.07, 6.45) is 0.107. The fourth-order valence-corrected chi connectivity index (χ4v) is 1.71. The van der Waals surface area contributed by atoms with Gasteiger partial charge in [0.25, 0.3) is 5.69 Å². The minimum absolute atomic E-state index is 0.107. The molecule has 8 heteroatoms. The van der Waals surface area contributed by atoms with E-state index in [1.165, 1.54) is 0 Å². The Bertz CT molecular complexity index is 498. The van der Waals surface area contributed by atoms with E-state index < -0.39 is 34.0 Å². The Morgan fingerprint density at radius 3 is 2.44 bits per heavy atom. The number of nitrogens with one attached hydrogen (secondary N) is 2. The van der Waals surface area contributed by atoms with E-state index in [0.29, 0.717) is 12.1 Å². The minimum atomic E-state index is -1.05.